The molecule has 0 aromatic carbocycles. The summed E-state index contributed by atoms with van der Waals surface area (Å²) in [5.41, 5.74) is 0.865. The molecule has 2 aromatic heterocycles. The van der Waals surface area contributed by atoms with Gasteiger partial charge in [0.25, 0.3) is 5.56 Å². The van der Waals surface area contributed by atoms with Crippen LogP contribution in [0.4, 0.5) is 0 Å². The number of hydrogen-bond donors (Lipinski definition) is 1. The number of hydrogen-bond acceptors (Lipinski definition) is 4. The van der Waals surface area contributed by atoms with Gasteiger partial charge in [0.15, 0.2) is 6.04 Å². The van der Waals surface area contributed by atoms with Gasteiger partial charge in [-0.15, -0.1) is 0 Å². The SMILES string of the molecule is CC(C(=O)O)n1nc(-c2ccncc2)ccc1=O. The standard InChI is InChI=1S/C12H11N3O3/c1-8(12(17)18)15-11(16)3-2-10(14-15)9-4-6-13-7-5-9/h2-8H,1H3,(H,17,18). The van der Waals surface area contributed by atoms with Crippen LogP contribution >= 0.6 is 0 Å². The summed E-state index contributed by atoms with van der Waals surface area (Å²) in [5.74, 6) is -1.10. The molecule has 2 heterocycles. The number of carboxylic acid groups (broad SMARTS) is 1. The maximum atomic E-state index is 11.6. The lowest BCUT2D eigenvalue weighted by molar-refractivity contribution is -0.140. The first kappa shape index (κ1) is 12.0. The molecule has 92 valence electrons. The molecule has 2 rings (SSSR count). The van der Waals surface area contributed by atoms with E-state index in [1.54, 1.807) is 30.6 Å². The van der Waals surface area contributed by atoms with Crippen molar-refractivity contribution in [3.63, 3.8) is 0 Å². The minimum atomic E-state index is -1.10. The Bertz CT molecular complexity index is 622. The summed E-state index contributed by atoms with van der Waals surface area (Å²) in [6.07, 6.45) is 3.21. The first-order valence-electron chi connectivity index (χ1n) is 5.32. The Morgan fingerprint density at radius 1 is 1.28 bits per heavy atom. The van der Waals surface area contributed by atoms with Crippen LogP contribution in [0, 0.1) is 0 Å². The highest BCUT2D eigenvalue weighted by molar-refractivity contribution is 5.71. The molecule has 6 nitrogen and oxygen atoms in total. The van der Waals surface area contributed by atoms with Gasteiger partial charge in [-0.25, -0.2) is 9.48 Å². The van der Waals surface area contributed by atoms with Crippen LogP contribution < -0.4 is 5.56 Å². The van der Waals surface area contributed by atoms with Gasteiger partial charge in [0, 0.05) is 24.0 Å². The lowest BCUT2D eigenvalue weighted by atomic mass is 10.2. The van der Waals surface area contributed by atoms with E-state index in [0.717, 1.165) is 10.2 Å². The zero-order valence-electron chi connectivity index (χ0n) is 9.65. The van der Waals surface area contributed by atoms with Crippen LogP contribution in [-0.2, 0) is 4.79 Å². The van der Waals surface area contributed by atoms with E-state index in [4.69, 9.17) is 5.11 Å². The third-order valence-electron chi connectivity index (χ3n) is 2.53. The molecule has 18 heavy (non-hydrogen) atoms. The van der Waals surface area contributed by atoms with Crippen LogP contribution in [0.3, 0.4) is 0 Å². The summed E-state index contributed by atoms with van der Waals surface area (Å²) >= 11 is 0. The van der Waals surface area contributed by atoms with E-state index >= 15 is 0 Å². The molecule has 0 aliphatic rings. The van der Waals surface area contributed by atoms with Crippen molar-refractivity contribution in [3.8, 4) is 11.3 Å². The Hall–Kier alpha value is -2.50. The summed E-state index contributed by atoms with van der Waals surface area (Å²) < 4.78 is 0.956. The zero-order valence-corrected chi connectivity index (χ0v) is 9.65. The van der Waals surface area contributed by atoms with Gasteiger partial charge in [0.1, 0.15) is 0 Å². The van der Waals surface area contributed by atoms with Crippen molar-refractivity contribution in [2.45, 2.75) is 13.0 Å². The van der Waals surface area contributed by atoms with E-state index in [1.807, 2.05) is 0 Å². The second-order valence-corrected chi connectivity index (χ2v) is 3.75. The molecule has 0 saturated carbocycles. The summed E-state index contributed by atoms with van der Waals surface area (Å²) in [5, 5.41) is 13.0. The number of nitrogens with zero attached hydrogens (tertiary/aromatic N) is 3. The highest BCUT2D eigenvalue weighted by atomic mass is 16.4. The van der Waals surface area contributed by atoms with Crippen LogP contribution in [0.15, 0.2) is 41.5 Å². The average Bonchev–Trinajstić information content (AvgIpc) is 2.39. The Morgan fingerprint density at radius 3 is 2.56 bits per heavy atom. The molecule has 0 aliphatic carbocycles. The van der Waals surface area contributed by atoms with Crippen molar-refractivity contribution in [1.82, 2.24) is 14.8 Å². The van der Waals surface area contributed by atoms with Crippen molar-refractivity contribution in [2.75, 3.05) is 0 Å². The third kappa shape index (κ3) is 2.27. The van der Waals surface area contributed by atoms with Crippen LogP contribution in [0.25, 0.3) is 11.3 Å². The average molecular weight is 245 g/mol. The molecule has 1 unspecified atom stereocenters. The van der Waals surface area contributed by atoms with Crippen molar-refractivity contribution >= 4 is 5.97 Å². The highest BCUT2D eigenvalue weighted by Gasteiger charge is 2.16. The molecule has 0 spiro atoms. The second kappa shape index (κ2) is 4.79. The zero-order chi connectivity index (χ0) is 13.1. The smallest absolute Gasteiger partial charge is 0.328 e. The quantitative estimate of drug-likeness (QED) is 0.870. The summed E-state index contributed by atoms with van der Waals surface area (Å²) in [6, 6.07) is 5.34. The topological polar surface area (TPSA) is 85.1 Å². The van der Waals surface area contributed by atoms with Gasteiger partial charge >= 0.3 is 5.97 Å². The van der Waals surface area contributed by atoms with E-state index in [9.17, 15) is 9.59 Å². The Morgan fingerprint density at radius 2 is 1.94 bits per heavy atom. The Labute approximate surface area is 103 Å². The fourth-order valence-corrected chi connectivity index (χ4v) is 1.48. The predicted molar refractivity (Wildman–Crippen MR) is 64.1 cm³/mol. The van der Waals surface area contributed by atoms with Crippen LogP contribution in [0.1, 0.15) is 13.0 Å². The lowest BCUT2D eigenvalue weighted by Gasteiger charge is -2.10. The van der Waals surface area contributed by atoms with Gasteiger partial charge in [-0.1, -0.05) is 0 Å². The molecule has 0 saturated heterocycles. The van der Waals surface area contributed by atoms with E-state index in [1.165, 1.54) is 13.0 Å². The molecule has 0 fully saturated rings. The van der Waals surface area contributed by atoms with Gasteiger partial charge in [-0.3, -0.25) is 9.78 Å². The van der Waals surface area contributed by atoms with Gasteiger partial charge in [-0.2, -0.15) is 5.10 Å². The van der Waals surface area contributed by atoms with E-state index in [2.05, 4.69) is 10.1 Å². The normalized spacial score (nSPS) is 12.1. The van der Waals surface area contributed by atoms with E-state index in [-0.39, 0.29) is 0 Å². The maximum Gasteiger partial charge on any atom is 0.328 e. The van der Waals surface area contributed by atoms with Crippen LogP contribution in [-0.4, -0.2) is 25.8 Å². The number of carboxylic acids is 1. The predicted octanol–water partition coefficient (Wildman–Crippen LogP) is 0.951. The van der Waals surface area contributed by atoms with Gasteiger partial charge in [-0.05, 0) is 25.1 Å². The number of rotatable bonds is 3. The van der Waals surface area contributed by atoms with Crippen molar-refractivity contribution < 1.29 is 9.90 Å². The minimum Gasteiger partial charge on any atom is -0.480 e. The maximum absolute atomic E-state index is 11.6. The number of aromatic nitrogens is 3. The number of aliphatic carboxylic acids is 1. The third-order valence-corrected chi connectivity index (χ3v) is 2.53. The molecule has 0 aliphatic heterocycles. The monoisotopic (exact) mass is 245 g/mol. The molecule has 2 aromatic rings. The van der Waals surface area contributed by atoms with Crippen molar-refractivity contribution in [2.24, 2.45) is 0 Å². The second-order valence-electron chi connectivity index (χ2n) is 3.75. The van der Waals surface area contributed by atoms with Gasteiger partial charge in [0.05, 0.1) is 5.69 Å². The van der Waals surface area contributed by atoms with E-state index < -0.39 is 17.6 Å². The van der Waals surface area contributed by atoms with Crippen molar-refractivity contribution in [1.29, 1.82) is 0 Å². The van der Waals surface area contributed by atoms with E-state index in [0.29, 0.717) is 5.69 Å². The molecule has 0 amide bonds. The summed E-state index contributed by atoms with van der Waals surface area (Å²) in [4.78, 5) is 26.3. The molecular weight excluding hydrogens is 234 g/mol. The Kier molecular flexibility index (Phi) is 3.18. The minimum absolute atomic E-state index is 0.442. The number of carbonyl (C=O) groups is 1. The van der Waals surface area contributed by atoms with Crippen LogP contribution in [0.2, 0.25) is 0 Å². The van der Waals surface area contributed by atoms with Crippen LogP contribution in [0.5, 0.6) is 0 Å². The molecule has 0 bridgehead atoms. The molecule has 0 radical (unpaired) electrons. The first-order valence-corrected chi connectivity index (χ1v) is 5.32. The largest absolute Gasteiger partial charge is 0.480 e. The fraction of sp³-hybridized carbons (Fsp3) is 0.167. The lowest BCUT2D eigenvalue weighted by Crippen LogP contribution is -2.29. The molecular formula is C12H11N3O3. The molecule has 1 atom stereocenters. The summed E-state index contributed by atoms with van der Waals surface area (Å²) in [6.45, 7) is 1.41. The Balaban J connectivity index is 2.51. The summed E-state index contributed by atoms with van der Waals surface area (Å²) in [7, 11) is 0. The highest BCUT2D eigenvalue weighted by Crippen LogP contribution is 2.14. The van der Waals surface area contributed by atoms with Crippen molar-refractivity contribution in [3.05, 3.63) is 47.0 Å². The van der Waals surface area contributed by atoms with Gasteiger partial charge < -0.3 is 5.11 Å². The number of pyridine rings is 1. The fourth-order valence-electron chi connectivity index (χ4n) is 1.48. The van der Waals surface area contributed by atoms with Gasteiger partial charge in [0.2, 0.25) is 0 Å². The molecule has 6 heteroatoms. The molecule has 1 N–H and O–H groups in total. The first-order chi connectivity index (χ1) is 8.59.